The van der Waals surface area contributed by atoms with Crippen LogP contribution < -0.4 is 5.73 Å². The SMILES string of the molecule is CC1CCCC(CN)N1S(=O)(=O)c1ccc([N+](=O)[O-])cc1. The van der Waals surface area contributed by atoms with E-state index in [0.717, 1.165) is 19.3 Å². The van der Waals surface area contributed by atoms with Crippen molar-refractivity contribution in [2.75, 3.05) is 6.54 Å². The third-order valence-corrected chi connectivity index (χ3v) is 5.93. The summed E-state index contributed by atoms with van der Waals surface area (Å²) in [7, 11) is -3.68. The summed E-state index contributed by atoms with van der Waals surface area (Å²) in [6.07, 6.45) is 2.49. The molecule has 1 saturated heterocycles. The standard InChI is InChI=1S/C13H19N3O4S/c1-10-3-2-4-12(9-14)15(10)21(19,20)13-7-5-11(6-8-13)16(17)18/h5-8,10,12H,2-4,9,14H2,1H3. The molecule has 0 spiro atoms. The molecule has 0 radical (unpaired) electrons. The molecule has 116 valence electrons. The van der Waals surface area contributed by atoms with Gasteiger partial charge in [-0.2, -0.15) is 4.31 Å². The summed E-state index contributed by atoms with van der Waals surface area (Å²) in [5, 5.41) is 10.6. The van der Waals surface area contributed by atoms with Gasteiger partial charge in [0.15, 0.2) is 0 Å². The zero-order valence-electron chi connectivity index (χ0n) is 11.8. The molecule has 0 aromatic heterocycles. The highest BCUT2D eigenvalue weighted by molar-refractivity contribution is 7.89. The molecule has 2 N–H and O–H groups in total. The summed E-state index contributed by atoms with van der Waals surface area (Å²) >= 11 is 0. The summed E-state index contributed by atoms with van der Waals surface area (Å²) in [6, 6.07) is 4.64. The van der Waals surface area contributed by atoms with Gasteiger partial charge in [-0.1, -0.05) is 6.42 Å². The third-order valence-electron chi connectivity index (χ3n) is 3.85. The minimum atomic E-state index is -3.68. The Morgan fingerprint density at radius 3 is 2.48 bits per heavy atom. The molecule has 1 fully saturated rings. The second-order valence-electron chi connectivity index (χ2n) is 5.26. The van der Waals surface area contributed by atoms with Crippen molar-refractivity contribution in [2.45, 2.75) is 43.2 Å². The number of sulfonamides is 1. The molecule has 2 rings (SSSR count). The molecule has 0 amide bonds. The van der Waals surface area contributed by atoms with Gasteiger partial charge in [-0.25, -0.2) is 8.42 Å². The second-order valence-corrected chi connectivity index (χ2v) is 7.10. The van der Waals surface area contributed by atoms with Gasteiger partial charge in [0.25, 0.3) is 5.69 Å². The molecular formula is C13H19N3O4S. The molecule has 1 aliphatic rings. The number of hydrogen-bond donors (Lipinski definition) is 1. The lowest BCUT2D eigenvalue weighted by molar-refractivity contribution is -0.384. The summed E-state index contributed by atoms with van der Waals surface area (Å²) in [6.45, 7) is 2.14. The Balaban J connectivity index is 2.37. The third kappa shape index (κ3) is 3.07. The highest BCUT2D eigenvalue weighted by Gasteiger charge is 2.37. The molecular weight excluding hydrogens is 294 g/mol. The maximum Gasteiger partial charge on any atom is 0.269 e. The monoisotopic (exact) mass is 313 g/mol. The van der Waals surface area contributed by atoms with Crippen molar-refractivity contribution in [3.05, 3.63) is 34.4 Å². The van der Waals surface area contributed by atoms with E-state index in [2.05, 4.69) is 0 Å². The Kier molecular flexibility index (Phi) is 4.60. The topological polar surface area (TPSA) is 107 Å². The van der Waals surface area contributed by atoms with E-state index in [4.69, 9.17) is 5.73 Å². The predicted octanol–water partition coefficient (Wildman–Crippen LogP) is 1.49. The average molecular weight is 313 g/mol. The fourth-order valence-corrected chi connectivity index (χ4v) is 4.67. The summed E-state index contributed by atoms with van der Waals surface area (Å²) in [5.41, 5.74) is 5.57. The van der Waals surface area contributed by atoms with Crippen LogP contribution in [0.5, 0.6) is 0 Å². The van der Waals surface area contributed by atoms with Gasteiger partial charge in [-0.15, -0.1) is 0 Å². The van der Waals surface area contributed by atoms with Crippen molar-refractivity contribution in [3.63, 3.8) is 0 Å². The number of nitrogens with zero attached hydrogens (tertiary/aromatic N) is 2. The summed E-state index contributed by atoms with van der Waals surface area (Å²) in [5.74, 6) is 0. The van der Waals surface area contributed by atoms with Crippen molar-refractivity contribution in [1.29, 1.82) is 0 Å². The van der Waals surface area contributed by atoms with Gasteiger partial charge in [-0.05, 0) is 31.9 Å². The fraction of sp³-hybridized carbons (Fsp3) is 0.538. The smallest absolute Gasteiger partial charge is 0.269 e. The average Bonchev–Trinajstić information content (AvgIpc) is 2.46. The van der Waals surface area contributed by atoms with Gasteiger partial charge in [0, 0.05) is 30.8 Å². The minimum absolute atomic E-state index is 0.0697. The van der Waals surface area contributed by atoms with Crippen LogP contribution >= 0.6 is 0 Å². The number of nitrogens with two attached hydrogens (primary N) is 1. The van der Waals surface area contributed by atoms with E-state index in [-0.39, 0.29) is 29.2 Å². The first-order valence-electron chi connectivity index (χ1n) is 6.86. The van der Waals surface area contributed by atoms with E-state index in [0.29, 0.717) is 0 Å². The first-order valence-corrected chi connectivity index (χ1v) is 8.30. The molecule has 1 aromatic rings. The van der Waals surface area contributed by atoms with E-state index < -0.39 is 14.9 Å². The number of benzene rings is 1. The van der Waals surface area contributed by atoms with Gasteiger partial charge < -0.3 is 5.73 Å². The van der Waals surface area contributed by atoms with Crippen LogP contribution in [0.2, 0.25) is 0 Å². The maximum absolute atomic E-state index is 12.7. The maximum atomic E-state index is 12.7. The van der Waals surface area contributed by atoms with Crippen LogP contribution in [0.4, 0.5) is 5.69 Å². The number of nitro benzene ring substituents is 1. The van der Waals surface area contributed by atoms with Crippen LogP contribution in [0.1, 0.15) is 26.2 Å². The molecule has 2 unspecified atom stereocenters. The summed E-state index contributed by atoms with van der Waals surface area (Å²) in [4.78, 5) is 10.2. The van der Waals surface area contributed by atoms with Crippen molar-refractivity contribution in [2.24, 2.45) is 5.73 Å². The molecule has 0 aliphatic carbocycles. The molecule has 0 saturated carbocycles. The van der Waals surface area contributed by atoms with Gasteiger partial charge in [0.2, 0.25) is 10.0 Å². The van der Waals surface area contributed by atoms with Crippen molar-refractivity contribution in [1.82, 2.24) is 4.31 Å². The highest BCUT2D eigenvalue weighted by atomic mass is 32.2. The van der Waals surface area contributed by atoms with Crippen LogP contribution in [0.15, 0.2) is 29.2 Å². The molecule has 8 heteroatoms. The minimum Gasteiger partial charge on any atom is -0.329 e. The van der Waals surface area contributed by atoms with Crippen LogP contribution in [0, 0.1) is 10.1 Å². The van der Waals surface area contributed by atoms with E-state index >= 15 is 0 Å². The number of non-ortho nitro benzene ring substituents is 1. The van der Waals surface area contributed by atoms with E-state index in [1.807, 2.05) is 6.92 Å². The molecule has 1 aromatic carbocycles. The lowest BCUT2D eigenvalue weighted by atomic mass is 10.00. The fourth-order valence-electron chi connectivity index (χ4n) is 2.78. The largest absolute Gasteiger partial charge is 0.329 e. The molecule has 7 nitrogen and oxygen atoms in total. The van der Waals surface area contributed by atoms with Gasteiger partial charge in [0.05, 0.1) is 9.82 Å². The number of piperidine rings is 1. The van der Waals surface area contributed by atoms with Crippen molar-refractivity contribution >= 4 is 15.7 Å². The van der Waals surface area contributed by atoms with Gasteiger partial charge >= 0.3 is 0 Å². The van der Waals surface area contributed by atoms with Crippen LogP contribution in [-0.4, -0.2) is 36.3 Å². The van der Waals surface area contributed by atoms with Gasteiger partial charge in [0.1, 0.15) is 0 Å². The Hall–Kier alpha value is -1.51. The molecule has 21 heavy (non-hydrogen) atoms. The van der Waals surface area contributed by atoms with Crippen LogP contribution in [-0.2, 0) is 10.0 Å². The Morgan fingerprint density at radius 1 is 1.33 bits per heavy atom. The Bertz CT molecular complexity index is 615. The van der Waals surface area contributed by atoms with Crippen LogP contribution in [0.3, 0.4) is 0 Å². The van der Waals surface area contributed by atoms with Crippen molar-refractivity contribution in [3.8, 4) is 0 Å². The van der Waals surface area contributed by atoms with E-state index in [9.17, 15) is 18.5 Å². The lowest BCUT2D eigenvalue weighted by Gasteiger charge is -2.38. The number of nitro groups is 1. The van der Waals surface area contributed by atoms with E-state index in [1.165, 1.54) is 28.6 Å². The molecule has 0 bridgehead atoms. The normalized spacial score (nSPS) is 23.9. The second kappa shape index (κ2) is 6.08. The van der Waals surface area contributed by atoms with Crippen molar-refractivity contribution < 1.29 is 13.3 Å². The molecule has 1 heterocycles. The number of hydrogen-bond acceptors (Lipinski definition) is 5. The van der Waals surface area contributed by atoms with Gasteiger partial charge in [-0.3, -0.25) is 10.1 Å². The Morgan fingerprint density at radius 2 is 1.95 bits per heavy atom. The predicted molar refractivity (Wildman–Crippen MR) is 78.3 cm³/mol. The van der Waals surface area contributed by atoms with E-state index in [1.54, 1.807) is 0 Å². The van der Waals surface area contributed by atoms with Crippen LogP contribution in [0.25, 0.3) is 0 Å². The number of rotatable bonds is 4. The quantitative estimate of drug-likeness (QED) is 0.669. The summed E-state index contributed by atoms with van der Waals surface area (Å²) < 4.78 is 27.0. The first kappa shape index (κ1) is 15.9. The lowest BCUT2D eigenvalue weighted by Crippen LogP contribution is -2.51. The molecule has 2 atom stereocenters. The Labute approximate surface area is 123 Å². The highest BCUT2D eigenvalue weighted by Crippen LogP contribution is 2.29. The first-order chi connectivity index (χ1) is 9.87. The zero-order chi connectivity index (χ0) is 15.6. The molecule has 1 aliphatic heterocycles. The zero-order valence-corrected chi connectivity index (χ0v) is 12.6.